The Bertz CT molecular complexity index is 601. The molecule has 0 spiro atoms. The van der Waals surface area contributed by atoms with E-state index in [0.29, 0.717) is 11.4 Å². The molecule has 0 saturated heterocycles. The highest BCUT2D eigenvalue weighted by Crippen LogP contribution is 2.45. The van der Waals surface area contributed by atoms with Crippen molar-refractivity contribution < 1.29 is 19.1 Å². The first-order valence-electron chi connectivity index (χ1n) is 6.32. The van der Waals surface area contributed by atoms with Crippen molar-refractivity contribution in [2.75, 3.05) is 14.2 Å². The van der Waals surface area contributed by atoms with Crippen molar-refractivity contribution in [2.24, 2.45) is 5.41 Å². The predicted octanol–water partition coefficient (Wildman–Crippen LogP) is 2.19. The smallest absolute Gasteiger partial charge is 0.327 e. The molecule has 8 heteroatoms. The number of hydrogen-bond donors (Lipinski definition) is 1. The van der Waals surface area contributed by atoms with Crippen molar-refractivity contribution in [3.63, 3.8) is 0 Å². The number of esters is 2. The number of carbonyl (C=O) groups is 2. The van der Waals surface area contributed by atoms with Gasteiger partial charge in [0.2, 0.25) is 0 Å². The van der Waals surface area contributed by atoms with Crippen molar-refractivity contribution >= 4 is 49.5 Å². The van der Waals surface area contributed by atoms with Crippen LogP contribution in [0.1, 0.15) is 12.1 Å². The third kappa shape index (κ3) is 3.17. The maximum atomic E-state index is 12.3. The molecule has 22 heavy (non-hydrogen) atoms. The van der Waals surface area contributed by atoms with Crippen molar-refractivity contribution in [3.8, 4) is 0 Å². The minimum atomic E-state index is -1.57. The van der Waals surface area contributed by atoms with Crippen LogP contribution in [0.25, 0.3) is 5.70 Å². The number of nitrogens with zero attached hydrogens (tertiary/aromatic N) is 1. The molecule has 0 atom stereocenters. The fourth-order valence-corrected chi connectivity index (χ4v) is 3.61. The Kier molecular flexibility index (Phi) is 4.91. The number of aromatic nitrogens is 1. The van der Waals surface area contributed by atoms with Gasteiger partial charge in [0.05, 0.1) is 25.6 Å². The monoisotopic (exact) mass is 432 g/mol. The van der Waals surface area contributed by atoms with Crippen LogP contribution < -0.4 is 5.32 Å². The lowest BCUT2D eigenvalue weighted by atomic mass is 9.80. The number of nitrogens with one attached hydrogen (secondary N) is 1. The van der Waals surface area contributed by atoms with E-state index in [1.54, 1.807) is 18.3 Å². The van der Waals surface area contributed by atoms with E-state index in [4.69, 9.17) is 9.47 Å². The Hall–Kier alpha value is -1.41. The van der Waals surface area contributed by atoms with Crippen molar-refractivity contribution in [2.45, 2.75) is 9.78 Å². The minimum absolute atomic E-state index is 0.0652. The molecule has 0 aromatic carbocycles. The Morgan fingerprint density at radius 3 is 2.36 bits per heavy atom. The average molecular weight is 434 g/mol. The summed E-state index contributed by atoms with van der Waals surface area (Å²) in [6, 6.07) is 5.34. The summed E-state index contributed by atoms with van der Waals surface area (Å²) in [5.41, 5.74) is -0.478. The fraction of sp³-hybridized carbons (Fsp3) is 0.357. The van der Waals surface area contributed by atoms with Crippen LogP contribution >= 0.6 is 31.9 Å². The molecule has 0 saturated carbocycles. The lowest BCUT2D eigenvalue weighted by Gasteiger charge is -2.38. The first kappa shape index (κ1) is 17.0. The Balaban J connectivity index is 2.61. The van der Waals surface area contributed by atoms with Gasteiger partial charge in [0.15, 0.2) is 8.77 Å². The van der Waals surface area contributed by atoms with Gasteiger partial charge in [-0.3, -0.25) is 14.6 Å². The third-order valence-electron chi connectivity index (χ3n) is 3.25. The number of ether oxygens (including phenoxy) is 2. The van der Waals surface area contributed by atoms with Gasteiger partial charge < -0.3 is 14.8 Å². The second kappa shape index (κ2) is 6.37. The topological polar surface area (TPSA) is 77.5 Å². The number of pyridine rings is 1. The largest absolute Gasteiger partial charge is 0.468 e. The molecule has 6 nitrogen and oxygen atoms in total. The summed E-state index contributed by atoms with van der Waals surface area (Å²) in [5.74, 6) is -1.39. The molecular weight excluding hydrogens is 420 g/mol. The molecule has 2 rings (SSSR count). The predicted molar refractivity (Wildman–Crippen MR) is 87.0 cm³/mol. The van der Waals surface area contributed by atoms with Crippen LogP contribution in [0.3, 0.4) is 0 Å². The average Bonchev–Trinajstić information content (AvgIpc) is 2.52. The van der Waals surface area contributed by atoms with E-state index >= 15 is 0 Å². The molecule has 0 fully saturated rings. The molecule has 2 heterocycles. The number of halogens is 2. The molecule has 1 aliphatic heterocycles. The normalized spacial score (nSPS) is 18.6. The van der Waals surface area contributed by atoms with E-state index in [0.717, 1.165) is 0 Å². The van der Waals surface area contributed by atoms with Crippen LogP contribution in [-0.4, -0.2) is 34.5 Å². The van der Waals surface area contributed by atoms with Gasteiger partial charge in [0.25, 0.3) is 0 Å². The summed E-state index contributed by atoms with van der Waals surface area (Å²) in [5, 5.41) is 3.14. The minimum Gasteiger partial charge on any atom is -0.468 e. The van der Waals surface area contributed by atoms with E-state index in [-0.39, 0.29) is 6.42 Å². The van der Waals surface area contributed by atoms with E-state index < -0.39 is 20.7 Å². The molecular formula is C14H14Br2N2O4. The molecule has 0 aliphatic carbocycles. The molecule has 0 bridgehead atoms. The zero-order valence-electron chi connectivity index (χ0n) is 11.9. The highest BCUT2D eigenvalue weighted by Gasteiger charge is 2.54. The summed E-state index contributed by atoms with van der Waals surface area (Å²) in [7, 11) is 2.46. The van der Waals surface area contributed by atoms with Gasteiger partial charge in [-0.15, -0.1) is 0 Å². The van der Waals surface area contributed by atoms with E-state index in [1.165, 1.54) is 20.3 Å². The summed E-state index contributed by atoms with van der Waals surface area (Å²) < 4.78 is 8.75. The van der Waals surface area contributed by atoms with E-state index in [2.05, 4.69) is 42.2 Å². The summed E-state index contributed by atoms with van der Waals surface area (Å²) in [6.07, 6.45) is 3.18. The van der Waals surface area contributed by atoms with Crippen LogP contribution in [0.2, 0.25) is 0 Å². The number of alkyl halides is 2. The Morgan fingerprint density at radius 2 is 1.86 bits per heavy atom. The van der Waals surface area contributed by atoms with Crippen LogP contribution in [0.15, 0.2) is 30.5 Å². The van der Waals surface area contributed by atoms with Crippen LogP contribution in [0.5, 0.6) is 0 Å². The second-order valence-corrected chi connectivity index (χ2v) is 8.51. The zero-order valence-corrected chi connectivity index (χ0v) is 15.1. The van der Waals surface area contributed by atoms with Crippen molar-refractivity contribution in [1.29, 1.82) is 0 Å². The van der Waals surface area contributed by atoms with Gasteiger partial charge in [0, 0.05) is 12.6 Å². The quantitative estimate of drug-likeness (QED) is 0.340. The lowest BCUT2D eigenvalue weighted by molar-refractivity contribution is -0.166. The molecule has 0 unspecified atom stereocenters. The van der Waals surface area contributed by atoms with Crippen molar-refractivity contribution in [1.82, 2.24) is 10.3 Å². The first-order valence-corrected chi connectivity index (χ1v) is 7.90. The number of hydrogen-bond acceptors (Lipinski definition) is 6. The van der Waals surface area contributed by atoms with Crippen molar-refractivity contribution in [3.05, 3.63) is 36.2 Å². The molecule has 1 aliphatic rings. The lowest BCUT2D eigenvalue weighted by Crippen LogP contribution is -2.51. The zero-order chi connectivity index (χ0) is 16.4. The number of rotatable bonds is 3. The van der Waals surface area contributed by atoms with Gasteiger partial charge in [-0.1, -0.05) is 6.07 Å². The van der Waals surface area contributed by atoms with Crippen LogP contribution in [-0.2, 0) is 19.1 Å². The van der Waals surface area contributed by atoms with Gasteiger partial charge in [-0.05, 0) is 50.1 Å². The highest BCUT2D eigenvalue weighted by molar-refractivity contribution is 9.25. The first-order chi connectivity index (χ1) is 10.3. The molecule has 1 N–H and O–H groups in total. The SMILES string of the molecule is COC(=O)C1(C(=O)OC)C=C(c2ccccn2)NC(Br)(Br)C1. The van der Waals surface area contributed by atoms with Gasteiger partial charge in [0.1, 0.15) is 0 Å². The summed E-state index contributed by atoms with van der Waals surface area (Å²) in [6.45, 7) is 0. The van der Waals surface area contributed by atoms with Gasteiger partial charge in [-0.25, -0.2) is 0 Å². The number of methoxy groups -OCH3 is 2. The standard InChI is InChI=1S/C14H14Br2N2O4/c1-21-11(19)13(12(20)22-2)7-10(18-14(15,16)8-13)9-5-3-4-6-17-9/h3-7,18H,8H2,1-2H3. The van der Waals surface area contributed by atoms with Gasteiger partial charge >= 0.3 is 11.9 Å². The molecule has 1 aromatic heterocycles. The molecule has 0 radical (unpaired) electrons. The molecule has 0 amide bonds. The maximum absolute atomic E-state index is 12.3. The number of carbonyl (C=O) groups excluding carboxylic acids is 2. The van der Waals surface area contributed by atoms with Gasteiger partial charge in [-0.2, -0.15) is 0 Å². The van der Waals surface area contributed by atoms with E-state index in [1.807, 2.05) is 6.07 Å². The third-order valence-corrected chi connectivity index (χ3v) is 4.21. The highest BCUT2D eigenvalue weighted by atomic mass is 79.9. The summed E-state index contributed by atoms with van der Waals surface area (Å²) in [4.78, 5) is 28.8. The molecule has 1 aromatic rings. The van der Waals surface area contributed by atoms with E-state index in [9.17, 15) is 9.59 Å². The Labute approximate surface area is 144 Å². The maximum Gasteiger partial charge on any atom is 0.327 e. The van der Waals surface area contributed by atoms with Crippen LogP contribution in [0.4, 0.5) is 0 Å². The Morgan fingerprint density at radius 1 is 1.23 bits per heavy atom. The van der Waals surface area contributed by atoms with Crippen LogP contribution in [0, 0.1) is 5.41 Å². The molecule has 118 valence electrons. The fourth-order valence-electron chi connectivity index (χ4n) is 2.29. The second-order valence-electron chi connectivity index (χ2n) is 4.73. The summed E-state index contributed by atoms with van der Waals surface area (Å²) >= 11 is 6.84.